The van der Waals surface area contributed by atoms with E-state index in [0.29, 0.717) is 0 Å². The topological polar surface area (TPSA) is 0 Å². The molecule has 0 aromatic heterocycles. The van der Waals surface area contributed by atoms with Crippen molar-refractivity contribution >= 4 is 0 Å². The number of rotatable bonds is 0. The first-order chi connectivity index (χ1) is 9.77. The minimum absolute atomic E-state index is 0. The summed E-state index contributed by atoms with van der Waals surface area (Å²) in [5.41, 5.74) is 0. The molecule has 0 aliphatic heterocycles. The van der Waals surface area contributed by atoms with Gasteiger partial charge in [0, 0.05) is 32.7 Å². The third kappa shape index (κ3) is 3.16. The van der Waals surface area contributed by atoms with E-state index in [2.05, 4.69) is 61.8 Å². The van der Waals surface area contributed by atoms with Crippen LogP contribution in [0.4, 0.5) is 0 Å². The Balaban J connectivity index is 0.00000132. The van der Waals surface area contributed by atoms with Gasteiger partial charge >= 0.3 is 0 Å². The predicted molar refractivity (Wildman–Crippen MR) is 98.0 cm³/mol. The van der Waals surface area contributed by atoms with E-state index >= 15 is 0 Å². The molecule has 0 heterocycles. The fourth-order valence-electron chi connectivity index (χ4n) is 6.80. The Kier molecular flexibility index (Phi) is 7.49. The van der Waals surface area contributed by atoms with Crippen molar-refractivity contribution in [1.29, 1.82) is 0 Å². The number of hydrogen-bond acceptors (Lipinski definition) is 0. The van der Waals surface area contributed by atoms with Crippen LogP contribution in [-0.2, 0) is 32.7 Å². The summed E-state index contributed by atoms with van der Waals surface area (Å²) in [5.74, 6) is 10.9. The van der Waals surface area contributed by atoms with Crippen LogP contribution in [0.15, 0.2) is 0 Å². The van der Waals surface area contributed by atoms with Gasteiger partial charge in [-0.05, 0) is 35.5 Å². The summed E-state index contributed by atoms with van der Waals surface area (Å²) in [7, 11) is 0. The Morgan fingerprint density at radius 2 is 0.696 bits per heavy atom. The van der Waals surface area contributed by atoms with E-state index in [1.54, 1.807) is 0 Å². The maximum Gasteiger partial charge on any atom is 0 e. The SMILES string of the molecule is CC1C(C)C(C)C2C([CH-]C3C(C)C(C)C(C)C(C)C32)C1C.[CH3-].[Y]. The molecule has 3 rings (SSSR count). The molecule has 133 valence electrons. The van der Waals surface area contributed by atoms with Crippen molar-refractivity contribution in [1.82, 2.24) is 0 Å². The summed E-state index contributed by atoms with van der Waals surface area (Å²) < 4.78 is 0. The average molecular weight is 393 g/mol. The molecule has 23 heavy (non-hydrogen) atoms. The fourth-order valence-corrected chi connectivity index (χ4v) is 6.80. The summed E-state index contributed by atoms with van der Waals surface area (Å²) in [6, 6.07) is 0. The zero-order chi connectivity index (χ0) is 15.6. The van der Waals surface area contributed by atoms with Gasteiger partial charge in [-0.2, -0.15) is 11.8 Å². The van der Waals surface area contributed by atoms with Gasteiger partial charge < -0.3 is 13.8 Å². The fraction of sp³-hybridized carbons (Fsp3) is 0.909. The third-order valence-electron chi connectivity index (χ3n) is 9.18. The van der Waals surface area contributed by atoms with Crippen LogP contribution >= 0.6 is 0 Å². The minimum Gasteiger partial charge on any atom is -0.358 e. The zero-order valence-corrected chi connectivity index (χ0v) is 19.9. The van der Waals surface area contributed by atoms with Gasteiger partial charge in [-0.3, -0.25) is 0 Å². The number of hydrogen-bond donors (Lipinski definition) is 0. The van der Waals surface area contributed by atoms with Gasteiger partial charge in [0.05, 0.1) is 0 Å². The number of fused-ring (bicyclic) bond motifs is 3. The Morgan fingerprint density at radius 3 is 1.00 bits per heavy atom. The van der Waals surface area contributed by atoms with Crippen molar-refractivity contribution in [2.45, 2.75) is 55.4 Å². The molecule has 3 aliphatic rings. The molecule has 1 radical (unpaired) electrons. The summed E-state index contributed by atoms with van der Waals surface area (Å²) in [4.78, 5) is 0. The molecule has 0 aromatic rings. The molecule has 3 aliphatic carbocycles. The van der Waals surface area contributed by atoms with Crippen molar-refractivity contribution in [3.05, 3.63) is 13.8 Å². The van der Waals surface area contributed by atoms with Crippen LogP contribution < -0.4 is 0 Å². The molecule has 1 heteroatoms. The smallest absolute Gasteiger partial charge is 0 e. The predicted octanol–water partition coefficient (Wildman–Crippen LogP) is 6.23. The molecule has 0 aromatic carbocycles. The Morgan fingerprint density at radius 1 is 0.435 bits per heavy atom. The van der Waals surface area contributed by atoms with E-state index in [1.807, 2.05) is 0 Å². The largest absolute Gasteiger partial charge is 0.358 e. The molecular weight excluding hydrogens is 353 g/mol. The van der Waals surface area contributed by atoms with Gasteiger partial charge in [0.2, 0.25) is 0 Å². The first-order valence-electron chi connectivity index (χ1n) is 9.62. The third-order valence-corrected chi connectivity index (χ3v) is 9.18. The quantitative estimate of drug-likeness (QED) is 0.428. The maximum absolute atomic E-state index is 2.85. The molecule has 12 unspecified atom stereocenters. The van der Waals surface area contributed by atoms with Crippen molar-refractivity contribution < 1.29 is 32.7 Å². The van der Waals surface area contributed by atoms with E-state index in [0.717, 1.165) is 71.0 Å². The molecule has 3 fully saturated rings. The average Bonchev–Trinajstić information content (AvgIpc) is 2.87. The normalized spacial score (nSPS) is 58.4. The van der Waals surface area contributed by atoms with E-state index in [4.69, 9.17) is 0 Å². The van der Waals surface area contributed by atoms with E-state index < -0.39 is 0 Å². The second kappa shape index (κ2) is 7.77. The second-order valence-electron chi connectivity index (χ2n) is 9.37. The van der Waals surface area contributed by atoms with Gasteiger partial charge in [0.15, 0.2) is 0 Å². The molecular formula is C22H40Y-2. The summed E-state index contributed by atoms with van der Waals surface area (Å²) in [6.45, 7) is 20.3. The van der Waals surface area contributed by atoms with Crippen molar-refractivity contribution in [3.63, 3.8) is 0 Å². The van der Waals surface area contributed by atoms with E-state index in [1.165, 1.54) is 0 Å². The standard InChI is InChI=1S/C21H37.CH3.Y/c1-10-12(3)16(7)20-18(14(10)5)9-19-15(6)11(2)13(4)17(8)21(19)20;;/h9-21H,1-8H3;1H3;/q2*-1;. The Bertz CT molecular complexity index is 355. The second-order valence-corrected chi connectivity index (χ2v) is 9.37. The van der Waals surface area contributed by atoms with E-state index in [-0.39, 0.29) is 40.1 Å². The summed E-state index contributed by atoms with van der Waals surface area (Å²) in [5, 5.41) is 0. The molecule has 0 saturated heterocycles. The van der Waals surface area contributed by atoms with Crippen LogP contribution in [-0.4, -0.2) is 0 Å². The van der Waals surface area contributed by atoms with Gasteiger partial charge in [0.1, 0.15) is 0 Å². The minimum atomic E-state index is 0. The first-order valence-corrected chi connectivity index (χ1v) is 9.62. The molecule has 0 spiro atoms. The zero-order valence-electron chi connectivity index (χ0n) is 17.1. The molecule has 0 nitrogen and oxygen atoms in total. The summed E-state index contributed by atoms with van der Waals surface area (Å²) >= 11 is 0. The van der Waals surface area contributed by atoms with Crippen LogP contribution in [0.2, 0.25) is 0 Å². The Labute approximate surface area is 172 Å². The van der Waals surface area contributed by atoms with Crippen LogP contribution in [0, 0.1) is 84.9 Å². The molecule has 0 N–H and O–H groups in total. The monoisotopic (exact) mass is 393 g/mol. The van der Waals surface area contributed by atoms with Crippen molar-refractivity contribution in [2.75, 3.05) is 0 Å². The van der Waals surface area contributed by atoms with Crippen LogP contribution in [0.1, 0.15) is 55.4 Å². The Hall–Kier alpha value is 1.10. The van der Waals surface area contributed by atoms with E-state index in [9.17, 15) is 0 Å². The summed E-state index contributed by atoms with van der Waals surface area (Å²) in [6.07, 6.45) is 2.85. The van der Waals surface area contributed by atoms with Crippen molar-refractivity contribution in [3.8, 4) is 0 Å². The van der Waals surface area contributed by atoms with Crippen LogP contribution in [0.25, 0.3) is 0 Å². The van der Waals surface area contributed by atoms with Crippen LogP contribution in [0.3, 0.4) is 0 Å². The van der Waals surface area contributed by atoms with Crippen molar-refractivity contribution in [2.24, 2.45) is 71.0 Å². The maximum atomic E-state index is 2.85. The van der Waals surface area contributed by atoms with Gasteiger partial charge in [0.25, 0.3) is 0 Å². The van der Waals surface area contributed by atoms with Crippen LogP contribution in [0.5, 0.6) is 0 Å². The van der Waals surface area contributed by atoms with Gasteiger partial charge in [-0.1, -0.05) is 79.1 Å². The first kappa shape index (κ1) is 22.1. The molecule has 12 atom stereocenters. The molecule has 3 saturated carbocycles. The van der Waals surface area contributed by atoms with Gasteiger partial charge in [-0.15, -0.1) is 0 Å². The molecule has 0 amide bonds. The molecule has 0 bridgehead atoms. The van der Waals surface area contributed by atoms with Gasteiger partial charge in [-0.25, -0.2) is 0 Å².